The summed E-state index contributed by atoms with van der Waals surface area (Å²) in [5, 5.41) is 5.24. The molecule has 156 valence electrons. The number of hydrogen-bond acceptors (Lipinski definition) is 6. The second-order valence-corrected chi connectivity index (χ2v) is 10.0. The van der Waals surface area contributed by atoms with Crippen LogP contribution >= 0.6 is 51.2 Å². The van der Waals surface area contributed by atoms with Crippen LogP contribution in [0.5, 0.6) is 0 Å². The maximum Gasteiger partial charge on any atom is 0.266 e. The molecule has 0 unspecified atom stereocenters. The molecule has 1 N–H and O–H groups in total. The quantitative estimate of drug-likeness (QED) is 0.322. The van der Waals surface area contributed by atoms with Gasteiger partial charge >= 0.3 is 0 Å². The van der Waals surface area contributed by atoms with Gasteiger partial charge in [-0.2, -0.15) is 0 Å². The zero-order chi connectivity index (χ0) is 21.8. The van der Waals surface area contributed by atoms with Gasteiger partial charge in [0.2, 0.25) is 5.91 Å². The number of rotatable bonds is 6. The number of hydrogen-bond donors (Lipinski definition) is 1. The molecule has 0 aliphatic carbocycles. The molecule has 9 heteroatoms. The maximum atomic E-state index is 12.7. The van der Waals surface area contributed by atoms with E-state index in [0.29, 0.717) is 14.4 Å². The van der Waals surface area contributed by atoms with Gasteiger partial charge in [-0.25, -0.2) is 4.98 Å². The molecule has 2 aromatic carbocycles. The highest BCUT2D eigenvalue weighted by molar-refractivity contribution is 9.10. The van der Waals surface area contributed by atoms with E-state index in [0.717, 1.165) is 21.3 Å². The first-order valence-electron chi connectivity index (χ1n) is 9.31. The Labute approximate surface area is 201 Å². The molecule has 0 bridgehead atoms. The van der Waals surface area contributed by atoms with E-state index in [1.807, 2.05) is 66.1 Å². The van der Waals surface area contributed by atoms with Crippen molar-refractivity contribution in [3.8, 4) is 11.3 Å². The van der Waals surface area contributed by atoms with Crippen LogP contribution in [0.3, 0.4) is 0 Å². The van der Waals surface area contributed by atoms with Crippen molar-refractivity contribution in [1.82, 2.24) is 9.88 Å². The topological polar surface area (TPSA) is 62.3 Å². The molecule has 3 aromatic rings. The smallest absolute Gasteiger partial charge is 0.266 e. The molecule has 1 aliphatic heterocycles. The molecule has 0 atom stereocenters. The van der Waals surface area contributed by atoms with E-state index in [2.05, 4.69) is 26.2 Å². The number of carbonyl (C=O) groups is 2. The molecular formula is C22H16BrN3O2S3. The van der Waals surface area contributed by atoms with Crippen molar-refractivity contribution in [2.75, 3.05) is 11.9 Å². The molecule has 4 rings (SSSR count). The summed E-state index contributed by atoms with van der Waals surface area (Å²) in [4.78, 5) is 31.6. The Balaban J connectivity index is 1.35. The molecule has 1 aliphatic rings. The van der Waals surface area contributed by atoms with Crippen LogP contribution in [0.4, 0.5) is 5.13 Å². The third kappa shape index (κ3) is 5.48. The molecule has 2 amide bonds. The normalized spacial score (nSPS) is 15.0. The summed E-state index contributed by atoms with van der Waals surface area (Å²) in [6, 6.07) is 17.4. The number of anilines is 1. The Morgan fingerprint density at radius 2 is 2.00 bits per heavy atom. The van der Waals surface area contributed by atoms with E-state index in [-0.39, 0.29) is 24.8 Å². The first kappa shape index (κ1) is 21.9. The Kier molecular flexibility index (Phi) is 6.96. The number of nitrogens with one attached hydrogen (secondary N) is 1. The van der Waals surface area contributed by atoms with Crippen LogP contribution in [-0.2, 0) is 9.59 Å². The van der Waals surface area contributed by atoms with Crippen LogP contribution in [0.2, 0.25) is 0 Å². The van der Waals surface area contributed by atoms with Crippen molar-refractivity contribution >= 4 is 78.6 Å². The minimum Gasteiger partial charge on any atom is -0.302 e. The average Bonchev–Trinajstić information content (AvgIpc) is 3.32. The van der Waals surface area contributed by atoms with Gasteiger partial charge in [0.05, 0.1) is 10.6 Å². The van der Waals surface area contributed by atoms with Crippen LogP contribution in [0.15, 0.2) is 69.4 Å². The fourth-order valence-electron chi connectivity index (χ4n) is 2.91. The molecule has 1 aromatic heterocycles. The number of nitrogens with zero attached hydrogens (tertiary/aromatic N) is 2. The minimum absolute atomic E-state index is 0.136. The molecular weight excluding hydrogens is 514 g/mol. The third-order valence-corrected chi connectivity index (χ3v) is 7.03. The number of aromatic nitrogens is 1. The van der Waals surface area contributed by atoms with E-state index < -0.39 is 0 Å². The first-order chi connectivity index (χ1) is 15.0. The Hall–Kier alpha value is -2.33. The van der Waals surface area contributed by atoms with E-state index in [9.17, 15) is 9.59 Å². The molecule has 5 nitrogen and oxygen atoms in total. The fourth-order valence-corrected chi connectivity index (χ4v) is 5.37. The molecule has 0 radical (unpaired) electrons. The highest BCUT2D eigenvalue weighted by Crippen LogP contribution is 2.33. The lowest BCUT2D eigenvalue weighted by atomic mass is 10.2. The van der Waals surface area contributed by atoms with E-state index in [1.54, 1.807) is 0 Å². The van der Waals surface area contributed by atoms with Crippen molar-refractivity contribution in [3.05, 3.63) is 74.9 Å². The lowest BCUT2D eigenvalue weighted by Gasteiger charge is -2.13. The molecule has 1 fully saturated rings. The van der Waals surface area contributed by atoms with Crippen LogP contribution in [0.1, 0.15) is 12.0 Å². The molecule has 2 heterocycles. The van der Waals surface area contributed by atoms with E-state index in [4.69, 9.17) is 12.2 Å². The highest BCUT2D eigenvalue weighted by atomic mass is 79.9. The summed E-state index contributed by atoms with van der Waals surface area (Å²) in [5.41, 5.74) is 2.72. The predicted molar refractivity (Wildman–Crippen MR) is 135 cm³/mol. The molecule has 0 saturated carbocycles. The number of thiazole rings is 1. The van der Waals surface area contributed by atoms with Gasteiger partial charge in [-0.1, -0.05) is 82.4 Å². The van der Waals surface area contributed by atoms with Crippen LogP contribution < -0.4 is 5.32 Å². The summed E-state index contributed by atoms with van der Waals surface area (Å²) < 4.78 is 1.39. The summed E-state index contributed by atoms with van der Waals surface area (Å²) in [7, 11) is 0. The number of benzene rings is 2. The standard InChI is InChI=1S/C22H16BrN3O2S3/c23-16-8-4-5-14(11-16)12-18-20(28)26(22(29)31-18)10-9-19(27)25-21-24-17(13-30-21)15-6-2-1-3-7-15/h1-8,11-13H,9-10H2,(H,24,25,27)/b18-12-. The van der Waals surface area contributed by atoms with Crippen LogP contribution in [-0.4, -0.2) is 32.6 Å². The van der Waals surface area contributed by atoms with Gasteiger partial charge in [-0.15, -0.1) is 11.3 Å². The van der Waals surface area contributed by atoms with Crippen molar-refractivity contribution in [2.45, 2.75) is 6.42 Å². The van der Waals surface area contributed by atoms with Gasteiger partial charge in [0, 0.05) is 28.4 Å². The number of halogens is 1. The van der Waals surface area contributed by atoms with Gasteiger partial charge in [0.1, 0.15) is 4.32 Å². The number of thiocarbonyl (C=S) groups is 1. The zero-order valence-corrected chi connectivity index (χ0v) is 20.1. The minimum atomic E-state index is -0.209. The van der Waals surface area contributed by atoms with Gasteiger partial charge in [-0.05, 0) is 23.8 Å². The summed E-state index contributed by atoms with van der Waals surface area (Å²) >= 11 is 11.4. The van der Waals surface area contributed by atoms with Crippen molar-refractivity contribution in [3.63, 3.8) is 0 Å². The van der Waals surface area contributed by atoms with Crippen molar-refractivity contribution < 1.29 is 9.59 Å². The molecule has 31 heavy (non-hydrogen) atoms. The van der Waals surface area contributed by atoms with E-state index >= 15 is 0 Å². The van der Waals surface area contributed by atoms with Gasteiger partial charge in [0.25, 0.3) is 5.91 Å². The molecule has 0 spiro atoms. The summed E-state index contributed by atoms with van der Waals surface area (Å²) in [6.45, 7) is 0.225. The number of amides is 2. The largest absolute Gasteiger partial charge is 0.302 e. The SMILES string of the molecule is O=C(CCN1C(=O)/C(=C/c2cccc(Br)c2)SC1=S)Nc1nc(-c2ccccc2)cs1. The van der Waals surface area contributed by atoms with Gasteiger partial charge < -0.3 is 5.32 Å². The number of carbonyl (C=O) groups excluding carboxylic acids is 2. The fraction of sp³-hybridized carbons (Fsp3) is 0.0909. The molecule has 1 saturated heterocycles. The van der Waals surface area contributed by atoms with Gasteiger partial charge in [0.15, 0.2) is 5.13 Å². The monoisotopic (exact) mass is 529 g/mol. The van der Waals surface area contributed by atoms with Crippen LogP contribution in [0.25, 0.3) is 17.3 Å². The highest BCUT2D eigenvalue weighted by Gasteiger charge is 2.32. The number of thioether (sulfide) groups is 1. The van der Waals surface area contributed by atoms with Crippen molar-refractivity contribution in [2.24, 2.45) is 0 Å². The Bertz CT molecular complexity index is 1180. The van der Waals surface area contributed by atoms with Crippen LogP contribution in [0, 0.1) is 0 Å². The summed E-state index contributed by atoms with van der Waals surface area (Å²) in [6.07, 6.45) is 1.95. The Morgan fingerprint density at radius 1 is 1.19 bits per heavy atom. The predicted octanol–water partition coefficient (Wildman–Crippen LogP) is 5.80. The second-order valence-electron chi connectivity index (χ2n) is 6.59. The third-order valence-electron chi connectivity index (χ3n) is 4.40. The average molecular weight is 530 g/mol. The second kappa shape index (κ2) is 9.86. The van der Waals surface area contributed by atoms with E-state index in [1.165, 1.54) is 28.0 Å². The zero-order valence-electron chi connectivity index (χ0n) is 16.1. The van der Waals surface area contributed by atoms with Gasteiger partial charge in [-0.3, -0.25) is 14.5 Å². The lowest BCUT2D eigenvalue weighted by Crippen LogP contribution is -2.31. The lowest BCUT2D eigenvalue weighted by molar-refractivity contribution is -0.122. The Morgan fingerprint density at radius 3 is 2.77 bits per heavy atom. The summed E-state index contributed by atoms with van der Waals surface area (Å²) in [5.74, 6) is -0.387. The van der Waals surface area contributed by atoms with Crippen molar-refractivity contribution in [1.29, 1.82) is 0 Å². The first-order valence-corrected chi connectivity index (χ1v) is 12.2. The maximum absolute atomic E-state index is 12.7.